The van der Waals surface area contributed by atoms with Crippen molar-refractivity contribution in [3.05, 3.63) is 48.3 Å². The zero-order valence-corrected chi connectivity index (χ0v) is 13.6. The summed E-state index contributed by atoms with van der Waals surface area (Å²) in [6, 6.07) is 10.4. The van der Waals surface area contributed by atoms with Gasteiger partial charge < -0.3 is 9.30 Å². The standard InChI is InChI=1S/C16H20N2O3S/c1-3-21-14-6-8-15(9-7-14)22(19,20)18-12-11-17-10-4-5-16(17)13(18)2/h4-10,13H,3,11-12H2,1-2H3. The molecule has 5 nitrogen and oxygen atoms in total. The molecular weight excluding hydrogens is 300 g/mol. The summed E-state index contributed by atoms with van der Waals surface area (Å²) in [5.74, 6) is 0.682. The topological polar surface area (TPSA) is 51.5 Å². The van der Waals surface area contributed by atoms with E-state index in [1.54, 1.807) is 28.6 Å². The molecular formula is C16H20N2O3S. The molecule has 3 rings (SSSR count). The molecule has 0 amide bonds. The minimum Gasteiger partial charge on any atom is -0.494 e. The van der Waals surface area contributed by atoms with Crippen LogP contribution in [0, 0.1) is 0 Å². The van der Waals surface area contributed by atoms with E-state index in [1.165, 1.54) is 0 Å². The van der Waals surface area contributed by atoms with Crippen LogP contribution < -0.4 is 4.74 Å². The monoisotopic (exact) mass is 320 g/mol. The minimum absolute atomic E-state index is 0.166. The Morgan fingerprint density at radius 3 is 2.59 bits per heavy atom. The first-order chi connectivity index (χ1) is 10.5. The van der Waals surface area contributed by atoms with Crippen LogP contribution in [0.25, 0.3) is 0 Å². The highest BCUT2D eigenvalue weighted by molar-refractivity contribution is 7.89. The fraction of sp³-hybridized carbons (Fsp3) is 0.375. The van der Waals surface area contributed by atoms with Gasteiger partial charge in [0.05, 0.1) is 17.5 Å². The molecule has 1 aromatic heterocycles. The molecule has 1 aliphatic heterocycles. The molecule has 1 aromatic carbocycles. The fourth-order valence-electron chi connectivity index (χ4n) is 2.90. The van der Waals surface area contributed by atoms with Crippen LogP contribution in [0.2, 0.25) is 0 Å². The number of benzene rings is 1. The minimum atomic E-state index is -3.50. The van der Waals surface area contributed by atoms with E-state index in [4.69, 9.17) is 4.74 Å². The average molecular weight is 320 g/mol. The molecule has 0 saturated heterocycles. The van der Waals surface area contributed by atoms with Gasteiger partial charge in [0.25, 0.3) is 0 Å². The summed E-state index contributed by atoms with van der Waals surface area (Å²) in [7, 11) is -3.50. The number of nitrogens with zero attached hydrogens (tertiary/aromatic N) is 2. The quantitative estimate of drug-likeness (QED) is 0.870. The van der Waals surface area contributed by atoms with Crippen LogP contribution in [-0.2, 0) is 16.6 Å². The number of aromatic nitrogens is 1. The van der Waals surface area contributed by atoms with Gasteiger partial charge >= 0.3 is 0 Å². The van der Waals surface area contributed by atoms with Crippen molar-refractivity contribution in [2.75, 3.05) is 13.2 Å². The largest absolute Gasteiger partial charge is 0.494 e. The van der Waals surface area contributed by atoms with Gasteiger partial charge in [-0.3, -0.25) is 0 Å². The molecule has 6 heteroatoms. The first-order valence-electron chi connectivity index (χ1n) is 7.44. The summed E-state index contributed by atoms with van der Waals surface area (Å²) in [6.45, 7) is 5.56. The molecule has 1 unspecified atom stereocenters. The fourth-order valence-corrected chi connectivity index (χ4v) is 4.49. The predicted octanol–water partition coefficient (Wildman–Crippen LogP) is 2.65. The smallest absolute Gasteiger partial charge is 0.243 e. The lowest BCUT2D eigenvalue weighted by molar-refractivity contribution is 0.282. The Balaban J connectivity index is 1.90. The molecule has 1 atom stereocenters. The second-order valence-electron chi connectivity index (χ2n) is 5.32. The first kappa shape index (κ1) is 15.1. The molecule has 0 spiro atoms. The van der Waals surface area contributed by atoms with Crippen molar-refractivity contribution in [2.45, 2.75) is 31.3 Å². The zero-order valence-electron chi connectivity index (χ0n) is 12.8. The summed E-state index contributed by atoms with van der Waals surface area (Å²) in [5, 5.41) is 0. The highest BCUT2D eigenvalue weighted by Crippen LogP contribution is 2.31. The first-order valence-corrected chi connectivity index (χ1v) is 8.88. The second-order valence-corrected chi connectivity index (χ2v) is 7.21. The van der Waals surface area contributed by atoms with Crippen molar-refractivity contribution < 1.29 is 13.2 Å². The lowest BCUT2D eigenvalue weighted by Crippen LogP contribution is -2.40. The highest BCUT2D eigenvalue weighted by atomic mass is 32.2. The lowest BCUT2D eigenvalue weighted by atomic mass is 10.2. The van der Waals surface area contributed by atoms with Crippen molar-refractivity contribution >= 4 is 10.0 Å². The van der Waals surface area contributed by atoms with E-state index < -0.39 is 10.0 Å². The van der Waals surface area contributed by atoms with Crippen molar-refractivity contribution in [3.63, 3.8) is 0 Å². The van der Waals surface area contributed by atoms with Gasteiger partial charge in [-0.1, -0.05) is 0 Å². The van der Waals surface area contributed by atoms with Crippen molar-refractivity contribution in [3.8, 4) is 5.75 Å². The Hall–Kier alpha value is -1.79. The maximum atomic E-state index is 12.9. The molecule has 0 fully saturated rings. The van der Waals surface area contributed by atoms with Crippen LogP contribution in [0.3, 0.4) is 0 Å². The van der Waals surface area contributed by atoms with Gasteiger partial charge in [-0.25, -0.2) is 8.42 Å². The predicted molar refractivity (Wildman–Crippen MR) is 84.3 cm³/mol. The molecule has 22 heavy (non-hydrogen) atoms. The molecule has 2 heterocycles. The maximum Gasteiger partial charge on any atom is 0.243 e. The maximum absolute atomic E-state index is 12.9. The molecule has 0 N–H and O–H groups in total. The molecule has 118 valence electrons. The Kier molecular flexibility index (Phi) is 3.97. The van der Waals surface area contributed by atoms with Gasteiger partial charge in [0, 0.05) is 25.0 Å². The van der Waals surface area contributed by atoms with Gasteiger partial charge in [-0.2, -0.15) is 4.31 Å². The van der Waals surface area contributed by atoms with E-state index in [2.05, 4.69) is 4.57 Å². The number of hydrogen-bond acceptors (Lipinski definition) is 3. The normalized spacial score (nSPS) is 18.9. The van der Waals surface area contributed by atoms with E-state index in [-0.39, 0.29) is 6.04 Å². The third-order valence-corrected chi connectivity index (χ3v) is 6.01. The third-order valence-electron chi connectivity index (χ3n) is 4.03. The Bertz CT molecular complexity index is 750. The Morgan fingerprint density at radius 2 is 1.91 bits per heavy atom. The second kappa shape index (κ2) is 5.78. The molecule has 2 aromatic rings. The zero-order chi connectivity index (χ0) is 15.7. The molecule has 0 saturated carbocycles. The van der Waals surface area contributed by atoms with Crippen LogP contribution in [0.15, 0.2) is 47.5 Å². The number of hydrogen-bond donors (Lipinski definition) is 0. The number of fused-ring (bicyclic) bond motifs is 1. The van der Waals surface area contributed by atoms with Crippen molar-refractivity contribution in [1.82, 2.24) is 8.87 Å². The highest BCUT2D eigenvalue weighted by Gasteiger charge is 2.33. The van der Waals surface area contributed by atoms with Gasteiger partial charge in [0.1, 0.15) is 5.75 Å². The van der Waals surface area contributed by atoms with Gasteiger partial charge in [0.15, 0.2) is 0 Å². The van der Waals surface area contributed by atoms with Gasteiger partial charge in [-0.15, -0.1) is 0 Å². The van der Waals surface area contributed by atoms with E-state index >= 15 is 0 Å². The van der Waals surface area contributed by atoms with E-state index in [0.29, 0.717) is 30.3 Å². The summed E-state index contributed by atoms with van der Waals surface area (Å²) < 4.78 is 34.8. The SMILES string of the molecule is CCOc1ccc(S(=O)(=O)N2CCn3cccc3C2C)cc1. The Labute approximate surface area is 131 Å². The molecule has 0 aliphatic carbocycles. The third kappa shape index (κ3) is 2.53. The number of ether oxygens (including phenoxy) is 1. The van der Waals surface area contributed by atoms with E-state index in [9.17, 15) is 8.42 Å². The summed E-state index contributed by atoms with van der Waals surface area (Å²) in [4.78, 5) is 0.308. The lowest BCUT2D eigenvalue weighted by Gasteiger charge is -2.33. The number of rotatable bonds is 4. The van der Waals surface area contributed by atoms with Crippen LogP contribution in [-0.4, -0.2) is 30.4 Å². The van der Waals surface area contributed by atoms with Crippen molar-refractivity contribution in [1.29, 1.82) is 0 Å². The van der Waals surface area contributed by atoms with Crippen LogP contribution in [0.1, 0.15) is 25.6 Å². The summed E-state index contributed by atoms with van der Waals surface area (Å²) in [5.41, 5.74) is 1.03. The molecule has 1 aliphatic rings. The average Bonchev–Trinajstić information content (AvgIpc) is 2.98. The van der Waals surface area contributed by atoms with E-state index in [1.807, 2.05) is 32.2 Å². The molecule has 0 radical (unpaired) electrons. The van der Waals surface area contributed by atoms with E-state index in [0.717, 1.165) is 5.69 Å². The Morgan fingerprint density at radius 1 is 1.18 bits per heavy atom. The summed E-state index contributed by atoms with van der Waals surface area (Å²) >= 11 is 0. The van der Waals surface area contributed by atoms with Crippen LogP contribution in [0.5, 0.6) is 5.75 Å². The van der Waals surface area contributed by atoms with Crippen LogP contribution >= 0.6 is 0 Å². The van der Waals surface area contributed by atoms with Gasteiger partial charge in [0.2, 0.25) is 10.0 Å². The van der Waals surface area contributed by atoms with Crippen LogP contribution in [0.4, 0.5) is 0 Å². The number of sulfonamides is 1. The summed E-state index contributed by atoms with van der Waals surface area (Å²) in [6.07, 6.45) is 1.99. The van der Waals surface area contributed by atoms with Crippen molar-refractivity contribution in [2.24, 2.45) is 0 Å². The van der Waals surface area contributed by atoms with Gasteiger partial charge in [-0.05, 0) is 50.2 Å². The molecule has 0 bridgehead atoms.